The van der Waals surface area contributed by atoms with E-state index in [1.807, 2.05) is 78.9 Å². The van der Waals surface area contributed by atoms with Gasteiger partial charge in [0.2, 0.25) is 5.90 Å². The summed E-state index contributed by atoms with van der Waals surface area (Å²) < 4.78 is 17.0. The van der Waals surface area contributed by atoms with Crippen LogP contribution in [-0.4, -0.2) is 49.4 Å². The van der Waals surface area contributed by atoms with E-state index in [-0.39, 0.29) is 19.1 Å². The Morgan fingerprint density at radius 1 is 1.06 bits per heavy atom. The molecule has 0 spiro atoms. The second-order valence-corrected chi connectivity index (χ2v) is 8.34. The molecule has 1 heterocycles. The maximum absolute atomic E-state index is 13.5. The van der Waals surface area contributed by atoms with Crippen LogP contribution in [0.3, 0.4) is 0 Å². The second kappa shape index (κ2) is 11.5. The number of aliphatic hydroxyl groups excluding tert-OH is 1. The van der Waals surface area contributed by atoms with Crippen molar-refractivity contribution in [3.8, 4) is 11.5 Å². The first-order valence-electron chi connectivity index (χ1n) is 11.6. The van der Waals surface area contributed by atoms with Gasteiger partial charge >= 0.3 is 0 Å². The van der Waals surface area contributed by atoms with Crippen LogP contribution in [0.5, 0.6) is 11.5 Å². The van der Waals surface area contributed by atoms with Crippen molar-refractivity contribution >= 4 is 11.8 Å². The van der Waals surface area contributed by atoms with Gasteiger partial charge in [-0.25, -0.2) is 4.99 Å². The molecule has 3 aromatic rings. The van der Waals surface area contributed by atoms with E-state index in [9.17, 15) is 4.79 Å². The fourth-order valence-electron chi connectivity index (χ4n) is 3.95. The van der Waals surface area contributed by atoms with E-state index in [2.05, 4.69) is 5.32 Å². The average molecular weight is 475 g/mol. The minimum absolute atomic E-state index is 0.0886. The van der Waals surface area contributed by atoms with Crippen LogP contribution in [-0.2, 0) is 22.5 Å². The summed E-state index contributed by atoms with van der Waals surface area (Å²) in [7, 11) is 1.61. The van der Waals surface area contributed by atoms with Crippen molar-refractivity contribution in [1.29, 1.82) is 0 Å². The van der Waals surface area contributed by atoms with Gasteiger partial charge in [0, 0.05) is 37.1 Å². The smallest absolute Gasteiger partial charge is 0.252 e. The minimum atomic E-state index is -1.09. The fourth-order valence-corrected chi connectivity index (χ4v) is 3.95. The lowest BCUT2D eigenvalue weighted by molar-refractivity contribution is -0.126. The largest absolute Gasteiger partial charge is 0.496 e. The van der Waals surface area contributed by atoms with Crippen LogP contribution in [0.15, 0.2) is 83.9 Å². The highest BCUT2D eigenvalue weighted by molar-refractivity contribution is 6.00. The summed E-state index contributed by atoms with van der Waals surface area (Å²) in [6, 6.07) is 24.8. The second-order valence-electron chi connectivity index (χ2n) is 8.34. The third kappa shape index (κ3) is 6.00. The highest BCUT2D eigenvalue weighted by Crippen LogP contribution is 2.28. The Labute approximate surface area is 205 Å². The van der Waals surface area contributed by atoms with Crippen molar-refractivity contribution < 1.29 is 24.1 Å². The molecule has 4 rings (SSSR count). The maximum Gasteiger partial charge on any atom is 0.252 e. The number of hydrogen-bond acceptors (Lipinski definition) is 6. The van der Waals surface area contributed by atoms with E-state index in [1.54, 1.807) is 7.11 Å². The van der Waals surface area contributed by atoms with E-state index in [0.717, 1.165) is 22.4 Å². The number of methoxy groups -OCH3 is 1. The molecule has 0 saturated carbocycles. The molecule has 0 aromatic heterocycles. The summed E-state index contributed by atoms with van der Waals surface area (Å²) in [5.74, 6) is 1.64. The number of carbonyl (C=O) groups excluding carboxylic acids is 1. The molecule has 1 amide bonds. The standard InChI is InChI=1S/C28H30N2O5/c1-33-25-11-6-5-10-23(25)19-29-27(32)28(18-21-8-3-2-4-9-21)20-35-26(30-28)22-12-14-24(15-13-22)34-17-7-16-31/h2-6,8-15,31H,7,16-20H2,1H3,(H,29,32)/t28-/m1/s1. The molecule has 7 nitrogen and oxygen atoms in total. The number of para-hydroxylation sites is 1. The zero-order valence-corrected chi connectivity index (χ0v) is 19.8. The molecule has 7 heteroatoms. The molecule has 182 valence electrons. The van der Waals surface area contributed by atoms with Crippen LogP contribution in [0.2, 0.25) is 0 Å². The van der Waals surface area contributed by atoms with Crippen molar-refractivity contribution in [2.45, 2.75) is 24.9 Å². The van der Waals surface area contributed by atoms with Crippen molar-refractivity contribution in [2.24, 2.45) is 4.99 Å². The Morgan fingerprint density at radius 2 is 1.80 bits per heavy atom. The molecule has 2 N–H and O–H groups in total. The SMILES string of the molecule is COc1ccccc1CNC(=O)[C@@]1(Cc2ccccc2)COC(c2ccc(OCCCO)cc2)=N1. The van der Waals surface area contributed by atoms with Gasteiger partial charge in [-0.3, -0.25) is 4.79 Å². The van der Waals surface area contributed by atoms with E-state index in [4.69, 9.17) is 24.3 Å². The summed E-state index contributed by atoms with van der Waals surface area (Å²) in [5, 5.41) is 11.9. The molecule has 0 bridgehead atoms. The highest BCUT2D eigenvalue weighted by atomic mass is 16.5. The van der Waals surface area contributed by atoms with Gasteiger partial charge in [0.05, 0.1) is 13.7 Å². The maximum atomic E-state index is 13.5. The van der Waals surface area contributed by atoms with E-state index in [1.165, 1.54) is 0 Å². The van der Waals surface area contributed by atoms with Crippen molar-refractivity contribution in [1.82, 2.24) is 5.32 Å². The van der Waals surface area contributed by atoms with Gasteiger partial charge in [-0.15, -0.1) is 0 Å². The van der Waals surface area contributed by atoms with Crippen LogP contribution < -0.4 is 14.8 Å². The number of aliphatic imine (C=N–C) groups is 1. The van der Waals surface area contributed by atoms with E-state index < -0.39 is 5.54 Å². The summed E-state index contributed by atoms with van der Waals surface area (Å²) >= 11 is 0. The normalized spacial score (nSPS) is 16.8. The first-order valence-corrected chi connectivity index (χ1v) is 11.6. The molecule has 35 heavy (non-hydrogen) atoms. The lowest BCUT2D eigenvalue weighted by Crippen LogP contribution is -2.48. The molecule has 1 atom stereocenters. The number of amides is 1. The summed E-state index contributed by atoms with van der Waals surface area (Å²) in [6.07, 6.45) is 0.987. The van der Waals surface area contributed by atoms with Gasteiger partial charge in [-0.1, -0.05) is 48.5 Å². The number of ether oxygens (including phenoxy) is 3. The quantitative estimate of drug-likeness (QED) is 0.415. The summed E-state index contributed by atoms with van der Waals surface area (Å²) in [4.78, 5) is 18.4. The van der Waals surface area contributed by atoms with Gasteiger partial charge in [0.1, 0.15) is 18.1 Å². The Balaban J connectivity index is 1.55. The topological polar surface area (TPSA) is 89.4 Å². The lowest BCUT2D eigenvalue weighted by atomic mass is 9.91. The Hall–Kier alpha value is -3.84. The zero-order chi connectivity index (χ0) is 24.5. The minimum Gasteiger partial charge on any atom is -0.496 e. The number of carbonyl (C=O) groups is 1. The molecule has 0 radical (unpaired) electrons. The van der Waals surface area contributed by atoms with Crippen LogP contribution in [0.25, 0.3) is 0 Å². The van der Waals surface area contributed by atoms with Crippen molar-refractivity contribution in [3.63, 3.8) is 0 Å². The predicted molar refractivity (Wildman–Crippen MR) is 134 cm³/mol. The van der Waals surface area contributed by atoms with Gasteiger partial charge in [0.25, 0.3) is 5.91 Å². The first kappa shape index (κ1) is 24.3. The summed E-state index contributed by atoms with van der Waals surface area (Å²) in [6.45, 7) is 0.999. The summed E-state index contributed by atoms with van der Waals surface area (Å²) in [5.41, 5.74) is 1.57. The molecule has 1 aliphatic rings. The van der Waals surface area contributed by atoms with Gasteiger partial charge in [-0.2, -0.15) is 0 Å². The molecular formula is C28H30N2O5. The fraction of sp³-hybridized carbons (Fsp3) is 0.286. The van der Waals surface area contributed by atoms with Crippen molar-refractivity contribution in [2.75, 3.05) is 26.9 Å². The highest BCUT2D eigenvalue weighted by Gasteiger charge is 2.44. The van der Waals surface area contributed by atoms with Gasteiger partial charge < -0.3 is 24.6 Å². The molecule has 0 fully saturated rings. The number of rotatable bonds is 11. The number of nitrogens with one attached hydrogen (secondary N) is 1. The zero-order valence-electron chi connectivity index (χ0n) is 19.8. The van der Waals surface area contributed by atoms with Crippen LogP contribution in [0, 0.1) is 0 Å². The predicted octanol–water partition coefficient (Wildman–Crippen LogP) is 3.53. The third-order valence-corrected chi connectivity index (χ3v) is 5.83. The molecule has 0 unspecified atom stereocenters. The average Bonchev–Trinajstić information content (AvgIpc) is 3.33. The van der Waals surface area contributed by atoms with Crippen LogP contribution >= 0.6 is 0 Å². The Kier molecular flexibility index (Phi) is 8.00. The number of benzene rings is 3. The first-order chi connectivity index (χ1) is 17.1. The number of hydrogen-bond donors (Lipinski definition) is 2. The van der Waals surface area contributed by atoms with Gasteiger partial charge in [-0.05, 0) is 35.9 Å². The third-order valence-electron chi connectivity index (χ3n) is 5.83. The lowest BCUT2D eigenvalue weighted by Gasteiger charge is -2.23. The number of nitrogens with zero attached hydrogens (tertiary/aromatic N) is 1. The van der Waals surface area contributed by atoms with E-state index in [0.29, 0.717) is 37.6 Å². The molecule has 3 aromatic carbocycles. The molecular weight excluding hydrogens is 444 g/mol. The Morgan fingerprint density at radius 3 is 2.54 bits per heavy atom. The Bertz CT molecular complexity index is 1150. The monoisotopic (exact) mass is 474 g/mol. The molecule has 0 aliphatic carbocycles. The van der Waals surface area contributed by atoms with Gasteiger partial charge in [0.15, 0.2) is 5.54 Å². The van der Waals surface area contributed by atoms with Crippen LogP contribution in [0.1, 0.15) is 23.1 Å². The molecule has 1 aliphatic heterocycles. The van der Waals surface area contributed by atoms with E-state index >= 15 is 0 Å². The molecule has 0 saturated heterocycles. The van der Waals surface area contributed by atoms with Crippen molar-refractivity contribution in [3.05, 3.63) is 95.6 Å². The number of aliphatic hydroxyl groups is 1. The van der Waals surface area contributed by atoms with Crippen LogP contribution in [0.4, 0.5) is 0 Å².